The number of rotatable bonds is 8. The maximum absolute atomic E-state index is 13.0. The van der Waals surface area contributed by atoms with Gasteiger partial charge < -0.3 is 10.6 Å². The van der Waals surface area contributed by atoms with Gasteiger partial charge in [-0.1, -0.05) is 23.7 Å². The van der Waals surface area contributed by atoms with Crippen LogP contribution in [0.1, 0.15) is 41.7 Å². The number of amides is 2. The van der Waals surface area contributed by atoms with Crippen molar-refractivity contribution in [2.45, 2.75) is 36.7 Å². The van der Waals surface area contributed by atoms with Crippen molar-refractivity contribution in [1.82, 2.24) is 4.90 Å². The molecule has 29 heavy (non-hydrogen) atoms. The third kappa shape index (κ3) is 5.07. The Morgan fingerprint density at radius 2 is 1.93 bits per heavy atom. The van der Waals surface area contributed by atoms with Crippen LogP contribution in [-0.4, -0.2) is 33.4 Å². The summed E-state index contributed by atoms with van der Waals surface area (Å²) in [6, 6.07) is 11.5. The van der Waals surface area contributed by atoms with Crippen LogP contribution >= 0.6 is 23.4 Å². The van der Waals surface area contributed by atoms with E-state index in [4.69, 9.17) is 17.3 Å². The molecule has 1 aliphatic rings. The van der Waals surface area contributed by atoms with Gasteiger partial charge in [0.15, 0.2) is 0 Å². The summed E-state index contributed by atoms with van der Waals surface area (Å²) >= 11 is 7.04. The number of benzene rings is 2. The van der Waals surface area contributed by atoms with Crippen LogP contribution in [0.4, 0.5) is 5.69 Å². The first-order valence-corrected chi connectivity index (χ1v) is 10.4. The first kappa shape index (κ1) is 21.1. The van der Waals surface area contributed by atoms with E-state index in [1.807, 2.05) is 24.0 Å². The first-order chi connectivity index (χ1) is 13.8. The molecule has 1 fully saturated rings. The zero-order valence-electron chi connectivity index (χ0n) is 15.7. The average Bonchev–Trinajstić information content (AvgIpc) is 3.51. The van der Waals surface area contributed by atoms with Crippen LogP contribution in [0, 0.1) is 10.1 Å². The van der Waals surface area contributed by atoms with Crippen molar-refractivity contribution in [3.63, 3.8) is 0 Å². The monoisotopic (exact) mass is 433 g/mol. The highest BCUT2D eigenvalue weighted by atomic mass is 35.5. The van der Waals surface area contributed by atoms with E-state index >= 15 is 0 Å². The van der Waals surface area contributed by atoms with Crippen molar-refractivity contribution < 1.29 is 14.5 Å². The van der Waals surface area contributed by atoms with E-state index in [-0.39, 0.29) is 35.0 Å². The summed E-state index contributed by atoms with van der Waals surface area (Å²) in [5, 5.41) is 12.0. The molecule has 2 aromatic carbocycles. The van der Waals surface area contributed by atoms with Gasteiger partial charge in [0.1, 0.15) is 0 Å². The Kier molecular flexibility index (Phi) is 6.44. The van der Waals surface area contributed by atoms with Crippen LogP contribution < -0.4 is 5.73 Å². The van der Waals surface area contributed by atoms with Gasteiger partial charge in [0, 0.05) is 22.7 Å². The number of carbonyl (C=O) groups excluding carboxylic acids is 2. The fourth-order valence-corrected chi connectivity index (χ4v) is 4.14. The Bertz CT molecular complexity index is 947. The minimum Gasteiger partial charge on any atom is -0.366 e. The van der Waals surface area contributed by atoms with Crippen LogP contribution in [0.25, 0.3) is 0 Å². The van der Waals surface area contributed by atoms with Gasteiger partial charge in [-0.25, -0.2) is 0 Å². The molecule has 1 saturated carbocycles. The number of primary amides is 1. The third-order valence-corrected chi connectivity index (χ3v) is 6.09. The lowest BCUT2D eigenvalue weighted by Gasteiger charge is -2.30. The van der Waals surface area contributed by atoms with Gasteiger partial charge in [0.2, 0.25) is 11.8 Å². The predicted octanol–water partition coefficient (Wildman–Crippen LogP) is 4.19. The maximum atomic E-state index is 13.0. The minimum absolute atomic E-state index is 0.0587. The van der Waals surface area contributed by atoms with E-state index < -0.39 is 10.8 Å². The first-order valence-electron chi connectivity index (χ1n) is 9.05. The molecule has 7 nitrogen and oxygen atoms in total. The van der Waals surface area contributed by atoms with E-state index in [2.05, 4.69) is 0 Å². The topological polar surface area (TPSA) is 107 Å². The van der Waals surface area contributed by atoms with Crippen LogP contribution in [0.5, 0.6) is 0 Å². The zero-order chi connectivity index (χ0) is 21.1. The van der Waals surface area contributed by atoms with Gasteiger partial charge in [-0.15, -0.1) is 11.8 Å². The van der Waals surface area contributed by atoms with E-state index in [9.17, 15) is 19.7 Å². The highest BCUT2D eigenvalue weighted by Crippen LogP contribution is 2.36. The third-order valence-electron chi connectivity index (χ3n) is 4.79. The second-order valence-corrected chi connectivity index (χ2v) is 8.31. The molecule has 2 aromatic rings. The van der Waals surface area contributed by atoms with Crippen molar-refractivity contribution in [1.29, 1.82) is 0 Å². The van der Waals surface area contributed by atoms with E-state index in [0.29, 0.717) is 9.92 Å². The number of carbonyl (C=O) groups is 2. The molecule has 9 heteroatoms. The Labute approximate surface area is 177 Å². The Balaban J connectivity index is 1.75. The predicted molar refractivity (Wildman–Crippen MR) is 112 cm³/mol. The number of nitro groups is 1. The Hall–Kier alpha value is -2.58. The largest absolute Gasteiger partial charge is 0.366 e. The minimum atomic E-state index is -0.738. The number of hydrogen-bond donors (Lipinski definition) is 1. The lowest BCUT2D eigenvalue weighted by atomic mass is 10.1. The molecule has 0 bridgehead atoms. The molecule has 0 saturated heterocycles. The van der Waals surface area contributed by atoms with Crippen LogP contribution in [0.2, 0.25) is 5.02 Å². The van der Waals surface area contributed by atoms with E-state index in [1.165, 1.54) is 12.1 Å². The number of nitro benzene ring substituents is 1. The van der Waals surface area contributed by atoms with Crippen molar-refractivity contribution >= 4 is 40.9 Å². The molecule has 0 heterocycles. The summed E-state index contributed by atoms with van der Waals surface area (Å²) in [7, 11) is 0. The van der Waals surface area contributed by atoms with Crippen LogP contribution in [0.3, 0.4) is 0 Å². The van der Waals surface area contributed by atoms with Crippen molar-refractivity contribution in [3.8, 4) is 0 Å². The van der Waals surface area contributed by atoms with Gasteiger partial charge in [-0.05, 0) is 49.6 Å². The van der Waals surface area contributed by atoms with Crippen molar-refractivity contribution in [2.75, 3.05) is 5.75 Å². The lowest BCUT2D eigenvalue weighted by Crippen LogP contribution is -2.36. The summed E-state index contributed by atoms with van der Waals surface area (Å²) in [5.74, 6) is -0.767. The fraction of sp³-hybridized carbons (Fsp3) is 0.300. The standard InChI is InChI=1S/C20H20ClN3O4S/c1-12(13-2-5-15(21)6-3-13)23(16-7-8-16)19(25)11-29-18-9-4-14(20(22)26)10-17(18)24(27)28/h2-6,9-10,12,16H,7-8,11H2,1H3,(H2,22,26). The number of hydrogen-bond acceptors (Lipinski definition) is 5. The summed E-state index contributed by atoms with van der Waals surface area (Å²) in [4.78, 5) is 37.2. The Morgan fingerprint density at radius 3 is 2.48 bits per heavy atom. The highest BCUT2D eigenvalue weighted by molar-refractivity contribution is 8.00. The number of halogens is 1. The second kappa shape index (κ2) is 8.84. The molecule has 3 rings (SSSR count). The summed E-state index contributed by atoms with van der Waals surface area (Å²) in [6.45, 7) is 1.97. The number of nitrogens with zero attached hydrogens (tertiary/aromatic N) is 2. The zero-order valence-corrected chi connectivity index (χ0v) is 17.3. The van der Waals surface area contributed by atoms with Gasteiger partial charge in [-0.3, -0.25) is 19.7 Å². The van der Waals surface area contributed by atoms with Gasteiger partial charge in [-0.2, -0.15) is 0 Å². The summed E-state index contributed by atoms with van der Waals surface area (Å²) in [5.41, 5.74) is 6.00. The summed E-state index contributed by atoms with van der Waals surface area (Å²) < 4.78 is 0. The van der Waals surface area contributed by atoms with E-state index in [0.717, 1.165) is 36.2 Å². The average molecular weight is 434 g/mol. The maximum Gasteiger partial charge on any atom is 0.283 e. The van der Waals surface area contributed by atoms with E-state index in [1.54, 1.807) is 12.1 Å². The second-order valence-electron chi connectivity index (χ2n) is 6.85. The molecule has 152 valence electrons. The molecule has 1 atom stereocenters. The number of thioether (sulfide) groups is 1. The van der Waals surface area contributed by atoms with Crippen LogP contribution in [0.15, 0.2) is 47.4 Å². The van der Waals surface area contributed by atoms with Gasteiger partial charge in [0.05, 0.1) is 21.6 Å². The molecule has 0 radical (unpaired) electrons. The highest BCUT2D eigenvalue weighted by Gasteiger charge is 2.36. The molecular formula is C20H20ClN3O4S. The lowest BCUT2D eigenvalue weighted by molar-refractivity contribution is -0.387. The SMILES string of the molecule is CC(c1ccc(Cl)cc1)N(C(=O)CSc1ccc(C(N)=O)cc1[N+](=O)[O-])C1CC1. The smallest absolute Gasteiger partial charge is 0.283 e. The molecule has 1 aliphatic carbocycles. The van der Waals surface area contributed by atoms with Crippen molar-refractivity contribution in [2.24, 2.45) is 5.73 Å². The van der Waals surface area contributed by atoms with Crippen LogP contribution in [-0.2, 0) is 4.79 Å². The van der Waals surface area contributed by atoms with Gasteiger partial charge in [0.25, 0.3) is 5.69 Å². The molecule has 0 aliphatic heterocycles. The normalized spacial score (nSPS) is 14.3. The molecule has 2 N–H and O–H groups in total. The molecule has 1 unspecified atom stereocenters. The Morgan fingerprint density at radius 1 is 1.28 bits per heavy atom. The number of nitrogens with two attached hydrogens (primary N) is 1. The summed E-state index contributed by atoms with van der Waals surface area (Å²) in [6.07, 6.45) is 1.89. The molecular weight excluding hydrogens is 414 g/mol. The molecule has 0 aromatic heterocycles. The van der Waals surface area contributed by atoms with Crippen molar-refractivity contribution in [3.05, 3.63) is 68.7 Å². The molecule has 2 amide bonds. The molecule has 0 spiro atoms. The fourth-order valence-electron chi connectivity index (χ4n) is 3.14. The van der Waals surface area contributed by atoms with Gasteiger partial charge >= 0.3 is 0 Å². The quantitative estimate of drug-likeness (QED) is 0.381.